The number of rotatable bonds is 3. The fraction of sp³-hybridized carbons (Fsp3) is 0.278. The molecule has 130 valence electrons. The Kier molecular flexibility index (Phi) is 4.85. The molecule has 3 N–H and O–H groups in total. The number of hydrazine groups is 1. The SMILES string of the molecule is CC(=O)Nc1cc(C(=O)NNC(=O)c2cc3c(s2)CCC3)ccc1C. The summed E-state index contributed by atoms with van der Waals surface area (Å²) in [7, 11) is 0. The highest BCUT2D eigenvalue weighted by molar-refractivity contribution is 7.14. The molecule has 1 aromatic heterocycles. The summed E-state index contributed by atoms with van der Waals surface area (Å²) in [5.41, 5.74) is 7.87. The first kappa shape index (κ1) is 17.2. The summed E-state index contributed by atoms with van der Waals surface area (Å²) in [5.74, 6) is -0.967. The van der Waals surface area contributed by atoms with Crippen molar-refractivity contribution < 1.29 is 14.4 Å². The lowest BCUT2D eigenvalue weighted by Gasteiger charge is -2.10. The zero-order valence-corrected chi connectivity index (χ0v) is 14.9. The standard InChI is InChI=1S/C18H19N3O3S/c1-10-6-7-13(8-14(10)19-11(2)22)17(23)20-21-18(24)16-9-12-4-3-5-15(12)25-16/h6-9H,3-5H2,1-2H3,(H,19,22)(H,20,23)(H,21,24). The first-order valence-corrected chi connectivity index (χ1v) is 8.86. The number of hydrogen-bond donors (Lipinski definition) is 3. The van der Waals surface area contributed by atoms with E-state index < -0.39 is 5.91 Å². The van der Waals surface area contributed by atoms with E-state index >= 15 is 0 Å². The molecule has 6 nitrogen and oxygen atoms in total. The van der Waals surface area contributed by atoms with Gasteiger partial charge in [-0.1, -0.05) is 6.07 Å². The Morgan fingerprint density at radius 1 is 1.04 bits per heavy atom. The Balaban J connectivity index is 1.63. The molecule has 7 heteroatoms. The molecule has 0 bridgehead atoms. The van der Waals surface area contributed by atoms with Gasteiger partial charge in [-0.3, -0.25) is 25.2 Å². The molecular weight excluding hydrogens is 338 g/mol. The van der Waals surface area contributed by atoms with Crippen molar-refractivity contribution in [3.63, 3.8) is 0 Å². The van der Waals surface area contributed by atoms with E-state index in [0.717, 1.165) is 24.8 Å². The number of nitrogens with one attached hydrogen (secondary N) is 3. The van der Waals surface area contributed by atoms with Gasteiger partial charge in [-0.05, 0) is 55.5 Å². The molecule has 1 aliphatic rings. The number of aryl methyl sites for hydroxylation is 3. The third-order valence-electron chi connectivity index (χ3n) is 4.07. The average Bonchev–Trinajstić information content (AvgIpc) is 3.15. The first-order chi connectivity index (χ1) is 11.9. The fourth-order valence-electron chi connectivity index (χ4n) is 2.78. The number of fused-ring (bicyclic) bond motifs is 1. The number of carbonyl (C=O) groups is 3. The van der Waals surface area contributed by atoms with Crippen molar-refractivity contribution in [1.29, 1.82) is 0 Å². The van der Waals surface area contributed by atoms with Crippen LogP contribution in [0.4, 0.5) is 5.69 Å². The van der Waals surface area contributed by atoms with Gasteiger partial charge < -0.3 is 5.32 Å². The molecule has 25 heavy (non-hydrogen) atoms. The van der Waals surface area contributed by atoms with Crippen LogP contribution in [0.1, 0.15) is 49.4 Å². The monoisotopic (exact) mass is 357 g/mol. The third-order valence-corrected chi connectivity index (χ3v) is 5.31. The van der Waals surface area contributed by atoms with Crippen molar-refractivity contribution in [2.24, 2.45) is 0 Å². The lowest BCUT2D eigenvalue weighted by molar-refractivity contribution is -0.114. The normalized spacial score (nSPS) is 12.4. The van der Waals surface area contributed by atoms with Crippen LogP contribution in [0, 0.1) is 6.92 Å². The number of carbonyl (C=O) groups excluding carboxylic acids is 3. The van der Waals surface area contributed by atoms with Crippen molar-refractivity contribution in [3.8, 4) is 0 Å². The minimum absolute atomic E-state index is 0.209. The molecule has 0 saturated carbocycles. The molecule has 0 radical (unpaired) electrons. The second kappa shape index (κ2) is 7.06. The zero-order valence-electron chi connectivity index (χ0n) is 14.1. The molecule has 0 aliphatic heterocycles. The van der Waals surface area contributed by atoms with Gasteiger partial charge in [-0.15, -0.1) is 11.3 Å². The lowest BCUT2D eigenvalue weighted by Crippen LogP contribution is -2.41. The zero-order chi connectivity index (χ0) is 18.0. The molecule has 1 heterocycles. The van der Waals surface area contributed by atoms with Crippen molar-refractivity contribution in [1.82, 2.24) is 10.9 Å². The molecule has 3 amide bonds. The van der Waals surface area contributed by atoms with E-state index in [0.29, 0.717) is 16.1 Å². The van der Waals surface area contributed by atoms with Crippen LogP contribution in [0.15, 0.2) is 24.3 Å². The van der Waals surface area contributed by atoms with Gasteiger partial charge >= 0.3 is 0 Å². The van der Waals surface area contributed by atoms with Crippen molar-refractivity contribution in [2.75, 3.05) is 5.32 Å². The Morgan fingerprint density at radius 2 is 1.80 bits per heavy atom. The minimum Gasteiger partial charge on any atom is -0.326 e. The largest absolute Gasteiger partial charge is 0.326 e. The second-order valence-electron chi connectivity index (χ2n) is 6.03. The number of benzene rings is 1. The summed E-state index contributed by atoms with van der Waals surface area (Å²) < 4.78 is 0. The maximum atomic E-state index is 12.2. The second-order valence-corrected chi connectivity index (χ2v) is 7.17. The smallest absolute Gasteiger partial charge is 0.279 e. The molecule has 2 aromatic rings. The number of anilines is 1. The van der Waals surface area contributed by atoms with Crippen LogP contribution in [0.25, 0.3) is 0 Å². The Hall–Kier alpha value is -2.67. The summed E-state index contributed by atoms with van der Waals surface area (Å²) in [4.78, 5) is 37.5. The summed E-state index contributed by atoms with van der Waals surface area (Å²) >= 11 is 1.48. The van der Waals surface area contributed by atoms with E-state index in [9.17, 15) is 14.4 Å². The summed E-state index contributed by atoms with van der Waals surface area (Å²) in [6.07, 6.45) is 3.18. The predicted octanol–water partition coefficient (Wildman–Crippen LogP) is 2.58. The molecule has 0 spiro atoms. The number of thiophene rings is 1. The summed E-state index contributed by atoms with van der Waals surface area (Å²) in [5, 5.41) is 2.68. The predicted molar refractivity (Wildman–Crippen MR) is 96.8 cm³/mol. The van der Waals surface area contributed by atoms with Crippen LogP contribution < -0.4 is 16.2 Å². The van der Waals surface area contributed by atoms with Crippen molar-refractivity contribution in [3.05, 3.63) is 50.7 Å². The molecule has 0 fully saturated rings. The molecule has 0 atom stereocenters. The van der Waals surface area contributed by atoms with Gasteiger partial charge in [0.05, 0.1) is 4.88 Å². The number of amides is 3. The van der Waals surface area contributed by atoms with Crippen LogP contribution >= 0.6 is 11.3 Å². The third kappa shape index (κ3) is 3.88. The Bertz CT molecular complexity index is 836. The van der Waals surface area contributed by atoms with Gasteiger partial charge in [-0.25, -0.2) is 0 Å². The van der Waals surface area contributed by atoms with Gasteiger partial charge in [0, 0.05) is 23.1 Å². The van der Waals surface area contributed by atoms with Crippen molar-refractivity contribution in [2.45, 2.75) is 33.1 Å². The highest BCUT2D eigenvalue weighted by Gasteiger charge is 2.19. The highest BCUT2D eigenvalue weighted by Crippen LogP contribution is 2.30. The van der Waals surface area contributed by atoms with E-state index in [1.165, 1.54) is 28.7 Å². The van der Waals surface area contributed by atoms with E-state index in [4.69, 9.17) is 0 Å². The Morgan fingerprint density at radius 3 is 2.52 bits per heavy atom. The van der Waals surface area contributed by atoms with Crippen molar-refractivity contribution >= 4 is 34.7 Å². The molecular formula is C18H19N3O3S. The van der Waals surface area contributed by atoms with Crippen LogP contribution in [0.5, 0.6) is 0 Å². The van der Waals surface area contributed by atoms with Crippen LogP contribution in [0.3, 0.4) is 0 Å². The molecule has 3 rings (SSSR count). The molecule has 1 aromatic carbocycles. The maximum Gasteiger partial charge on any atom is 0.279 e. The van der Waals surface area contributed by atoms with E-state index in [2.05, 4.69) is 16.2 Å². The fourth-order valence-corrected chi connectivity index (χ4v) is 3.92. The van der Waals surface area contributed by atoms with Crippen LogP contribution in [0.2, 0.25) is 0 Å². The Labute approximate surface area is 149 Å². The van der Waals surface area contributed by atoms with E-state index in [1.54, 1.807) is 18.2 Å². The van der Waals surface area contributed by atoms with Gasteiger partial charge in [0.15, 0.2) is 0 Å². The molecule has 0 unspecified atom stereocenters. The lowest BCUT2D eigenvalue weighted by atomic mass is 10.1. The number of hydrogen-bond acceptors (Lipinski definition) is 4. The van der Waals surface area contributed by atoms with Gasteiger partial charge in [0.2, 0.25) is 5.91 Å². The highest BCUT2D eigenvalue weighted by atomic mass is 32.1. The minimum atomic E-state index is -0.441. The summed E-state index contributed by atoms with van der Waals surface area (Å²) in [6.45, 7) is 3.25. The maximum absolute atomic E-state index is 12.2. The summed E-state index contributed by atoms with van der Waals surface area (Å²) in [6, 6.07) is 6.86. The van der Waals surface area contributed by atoms with Crippen LogP contribution in [-0.2, 0) is 17.6 Å². The molecule has 0 saturated heterocycles. The van der Waals surface area contributed by atoms with E-state index in [1.807, 2.05) is 13.0 Å². The molecule has 1 aliphatic carbocycles. The quantitative estimate of drug-likeness (QED) is 0.738. The van der Waals surface area contributed by atoms with Crippen LogP contribution in [-0.4, -0.2) is 17.7 Å². The van der Waals surface area contributed by atoms with Gasteiger partial charge in [0.1, 0.15) is 0 Å². The van der Waals surface area contributed by atoms with Gasteiger partial charge in [0.25, 0.3) is 11.8 Å². The van der Waals surface area contributed by atoms with Gasteiger partial charge in [-0.2, -0.15) is 0 Å². The first-order valence-electron chi connectivity index (χ1n) is 8.04. The topological polar surface area (TPSA) is 87.3 Å². The average molecular weight is 357 g/mol. The van der Waals surface area contributed by atoms with E-state index in [-0.39, 0.29) is 11.8 Å².